The van der Waals surface area contributed by atoms with Crippen LogP contribution in [0, 0.1) is 13.8 Å². The van der Waals surface area contributed by atoms with Crippen molar-refractivity contribution in [1.29, 1.82) is 0 Å². The Labute approximate surface area is 197 Å². The molecule has 1 N–H and O–H groups in total. The minimum absolute atomic E-state index is 0.0948. The van der Waals surface area contributed by atoms with Crippen molar-refractivity contribution in [1.82, 2.24) is 14.7 Å². The summed E-state index contributed by atoms with van der Waals surface area (Å²) in [5, 5.41) is 7.39. The lowest BCUT2D eigenvalue weighted by atomic mass is 10.1. The zero-order valence-electron chi connectivity index (χ0n) is 17.2. The van der Waals surface area contributed by atoms with Gasteiger partial charge in [0.05, 0.1) is 5.69 Å². The number of carbonyl (C=O) groups is 1. The molecule has 0 aliphatic carbocycles. The lowest BCUT2D eigenvalue weighted by Gasteiger charge is -2.13. The molecule has 2 heterocycles. The second-order valence-electron chi connectivity index (χ2n) is 7.19. The fourth-order valence-corrected chi connectivity index (χ4v) is 3.83. The van der Waals surface area contributed by atoms with Crippen LogP contribution in [0.1, 0.15) is 11.3 Å². The van der Waals surface area contributed by atoms with E-state index in [9.17, 15) is 9.59 Å². The summed E-state index contributed by atoms with van der Waals surface area (Å²) in [4.78, 5) is 30.3. The highest BCUT2D eigenvalue weighted by Crippen LogP contribution is 2.24. The Balaban J connectivity index is 1.66. The average molecular weight is 514 g/mol. The molecule has 1 amide bonds. The van der Waals surface area contributed by atoms with Gasteiger partial charge in [0.1, 0.15) is 12.1 Å². The van der Waals surface area contributed by atoms with Crippen molar-refractivity contribution in [3.05, 3.63) is 85.7 Å². The highest BCUT2D eigenvalue weighted by molar-refractivity contribution is 9.10. The van der Waals surface area contributed by atoms with Crippen LogP contribution < -0.4 is 10.9 Å². The maximum absolute atomic E-state index is 13.3. The molecule has 2 aromatic heterocycles. The number of halogens is 2. The molecular formula is C23H18BrClN4O3. The van der Waals surface area contributed by atoms with E-state index in [0.29, 0.717) is 33.4 Å². The molecule has 0 spiro atoms. The summed E-state index contributed by atoms with van der Waals surface area (Å²) in [6.07, 6.45) is 0. The SMILES string of the molecule is Cc1cc(C)n(CC(=O)Nc2ccccc2Br)c(=O)c1-c1nc(-c2ccc(Cl)cc2)no1. The minimum Gasteiger partial charge on any atom is -0.333 e. The average Bonchev–Trinajstić information content (AvgIpc) is 3.23. The Morgan fingerprint density at radius 1 is 1.16 bits per heavy atom. The third kappa shape index (κ3) is 4.51. The van der Waals surface area contributed by atoms with E-state index in [2.05, 4.69) is 31.4 Å². The van der Waals surface area contributed by atoms with Gasteiger partial charge in [-0.05, 0) is 77.8 Å². The molecule has 0 unspecified atom stereocenters. The van der Waals surface area contributed by atoms with Crippen LogP contribution >= 0.6 is 27.5 Å². The van der Waals surface area contributed by atoms with Crippen molar-refractivity contribution in [3.8, 4) is 22.8 Å². The molecule has 4 aromatic rings. The number of pyridine rings is 1. The normalized spacial score (nSPS) is 10.9. The maximum Gasteiger partial charge on any atom is 0.264 e. The van der Waals surface area contributed by atoms with E-state index in [1.54, 1.807) is 44.2 Å². The standard InChI is InChI=1S/C23H18BrClN4O3/c1-13-11-14(2)29(12-19(30)26-18-6-4-3-5-17(18)24)23(31)20(13)22-27-21(28-32-22)15-7-9-16(25)10-8-15/h3-11H,12H2,1-2H3,(H,26,30). The fraction of sp³-hybridized carbons (Fsp3) is 0.130. The van der Waals surface area contributed by atoms with E-state index in [1.165, 1.54) is 4.57 Å². The molecule has 4 rings (SSSR count). The quantitative estimate of drug-likeness (QED) is 0.394. The van der Waals surface area contributed by atoms with Crippen molar-refractivity contribution in [2.75, 3.05) is 5.32 Å². The number of hydrogen-bond donors (Lipinski definition) is 1. The number of nitrogens with one attached hydrogen (secondary N) is 1. The molecule has 9 heteroatoms. The van der Waals surface area contributed by atoms with Crippen LogP contribution in [0.3, 0.4) is 0 Å². The zero-order valence-corrected chi connectivity index (χ0v) is 19.6. The highest BCUT2D eigenvalue weighted by Gasteiger charge is 2.20. The minimum atomic E-state index is -0.379. The number of anilines is 1. The monoisotopic (exact) mass is 512 g/mol. The van der Waals surface area contributed by atoms with Gasteiger partial charge >= 0.3 is 0 Å². The van der Waals surface area contributed by atoms with E-state index in [4.69, 9.17) is 16.1 Å². The van der Waals surface area contributed by atoms with Crippen LogP contribution in [0.15, 0.2) is 68.4 Å². The Morgan fingerprint density at radius 3 is 2.59 bits per heavy atom. The topological polar surface area (TPSA) is 90.0 Å². The smallest absolute Gasteiger partial charge is 0.264 e. The zero-order chi connectivity index (χ0) is 22.8. The first kappa shape index (κ1) is 22.0. The summed E-state index contributed by atoms with van der Waals surface area (Å²) < 4.78 is 7.54. The van der Waals surface area contributed by atoms with Crippen molar-refractivity contribution in [2.45, 2.75) is 20.4 Å². The van der Waals surface area contributed by atoms with Crippen LogP contribution in [0.25, 0.3) is 22.8 Å². The van der Waals surface area contributed by atoms with Gasteiger partial charge in [0.25, 0.3) is 11.4 Å². The van der Waals surface area contributed by atoms with Gasteiger partial charge in [-0.3, -0.25) is 9.59 Å². The van der Waals surface area contributed by atoms with Crippen LogP contribution in [0.5, 0.6) is 0 Å². The fourth-order valence-electron chi connectivity index (χ4n) is 3.32. The van der Waals surface area contributed by atoms with Gasteiger partial charge in [0.15, 0.2) is 0 Å². The number of aryl methyl sites for hydroxylation is 2. The van der Waals surface area contributed by atoms with E-state index in [1.807, 2.05) is 24.3 Å². The van der Waals surface area contributed by atoms with Gasteiger partial charge in [-0.1, -0.05) is 28.9 Å². The number of carbonyl (C=O) groups excluding carboxylic acids is 1. The Kier molecular flexibility index (Phi) is 6.25. The molecule has 2 aromatic carbocycles. The molecule has 0 saturated carbocycles. The summed E-state index contributed by atoms with van der Waals surface area (Å²) >= 11 is 9.33. The Bertz CT molecular complexity index is 1360. The number of benzene rings is 2. The predicted molar refractivity (Wildman–Crippen MR) is 127 cm³/mol. The van der Waals surface area contributed by atoms with Crippen molar-refractivity contribution >= 4 is 39.1 Å². The van der Waals surface area contributed by atoms with Gasteiger partial charge in [-0.25, -0.2) is 0 Å². The Hall–Kier alpha value is -3.23. The van der Waals surface area contributed by atoms with Gasteiger partial charge in [-0.2, -0.15) is 4.98 Å². The molecule has 0 fully saturated rings. The number of rotatable bonds is 5. The molecule has 0 aliphatic heterocycles. The summed E-state index contributed by atoms with van der Waals surface area (Å²) in [7, 11) is 0. The molecule has 0 bridgehead atoms. The summed E-state index contributed by atoms with van der Waals surface area (Å²) in [6.45, 7) is 3.41. The van der Waals surface area contributed by atoms with Gasteiger partial charge in [0, 0.05) is 20.8 Å². The van der Waals surface area contributed by atoms with Crippen molar-refractivity contribution in [3.63, 3.8) is 0 Å². The number of amides is 1. The van der Waals surface area contributed by atoms with E-state index < -0.39 is 0 Å². The molecular weight excluding hydrogens is 496 g/mol. The second kappa shape index (κ2) is 9.10. The third-order valence-electron chi connectivity index (χ3n) is 4.90. The number of para-hydroxylation sites is 1. The molecule has 32 heavy (non-hydrogen) atoms. The van der Waals surface area contributed by atoms with Gasteiger partial charge < -0.3 is 14.4 Å². The molecule has 0 atom stereocenters. The molecule has 0 aliphatic rings. The largest absolute Gasteiger partial charge is 0.333 e. The van der Waals surface area contributed by atoms with Crippen LogP contribution in [0.2, 0.25) is 5.02 Å². The van der Waals surface area contributed by atoms with E-state index in [0.717, 1.165) is 4.47 Å². The molecule has 0 radical (unpaired) electrons. The molecule has 0 saturated heterocycles. The van der Waals surface area contributed by atoms with Gasteiger partial charge in [-0.15, -0.1) is 0 Å². The number of hydrogen-bond acceptors (Lipinski definition) is 5. The van der Waals surface area contributed by atoms with Crippen LogP contribution in [-0.4, -0.2) is 20.6 Å². The van der Waals surface area contributed by atoms with Gasteiger partial charge in [0.2, 0.25) is 11.7 Å². The molecule has 162 valence electrons. The van der Waals surface area contributed by atoms with Crippen molar-refractivity contribution in [2.24, 2.45) is 0 Å². The lowest BCUT2D eigenvalue weighted by molar-refractivity contribution is -0.116. The number of nitrogens with zero attached hydrogens (tertiary/aromatic N) is 3. The predicted octanol–water partition coefficient (Wildman–Crippen LogP) is 5.24. The number of aromatic nitrogens is 3. The first-order valence-electron chi connectivity index (χ1n) is 9.69. The third-order valence-corrected chi connectivity index (χ3v) is 5.84. The maximum atomic E-state index is 13.3. The molecule has 7 nitrogen and oxygen atoms in total. The van der Waals surface area contributed by atoms with E-state index in [-0.39, 0.29) is 29.5 Å². The lowest BCUT2D eigenvalue weighted by Crippen LogP contribution is -2.30. The van der Waals surface area contributed by atoms with Crippen LogP contribution in [-0.2, 0) is 11.3 Å². The highest BCUT2D eigenvalue weighted by atomic mass is 79.9. The first-order chi connectivity index (χ1) is 15.3. The summed E-state index contributed by atoms with van der Waals surface area (Å²) in [6, 6.07) is 16.1. The second-order valence-corrected chi connectivity index (χ2v) is 8.48. The summed E-state index contributed by atoms with van der Waals surface area (Å²) in [5.41, 5.74) is 2.55. The summed E-state index contributed by atoms with van der Waals surface area (Å²) in [5.74, 6) is 0.107. The Morgan fingerprint density at radius 2 is 1.88 bits per heavy atom. The van der Waals surface area contributed by atoms with E-state index >= 15 is 0 Å². The van der Waals surface area contributed by atoms with Crippen LogP contribution in [0.4, 0.5) is 5.69 Å². The first-order valence-corrected chi connectivity index (χ1v) is 10.9. The van der Waals surface area contributed by atoms with Crippen molar-refractivity contribution < 1.29 is 9.32 Å².